The van der Waals surface area contributed by atoms with E-state index < -0.39 is 10.0 Å². The second-order valence-electron chi connectivity index (χ2n) is 4.68. The highest BCUT2D eigenvalue weighted by Crippen LogP contribution is 2.24. The van der Waals surface area contributed by atoms with Crippen molar-refractivity contribution in [3.8, 4) is 17.3 Å². The van der Waals surface area contributed by atoms with Crippen LogP contribution in [0.5, 0.6) is 0 Å². The first-order chi connectivity index (χ1) is 10.4. The Morgan fingerprint density at radius 2 is 2.00 bits per heavy atom. The van der Waals surface area contributed by atoms with Crippen LogP contribution >= 0.6 is 0 Å². The predicted molar refractivity (Wildman–Crippen MR) is 81.2 cm³/mol. The zero-order chi connectivity index (χ0) is 16.3. The molecule has 1 aromatic heterocycles. The summed E-state index contributed by atoms with van der Waals surface area (Å²) in [5.41, 5.74) is 1.39. The van der Waals surface area contributed by atoms with Gasteiger partial charge in [-0.05, 0) is 12.1 Å². The van der Waals surface area contributed by atoms with E-state index in [0.29, 0.717) is 17.8 Å². The van der Waals surface area contributed by atoms with Gasteiger partial charge in [0.05, 0.1) is 11.4 Å². The molecular weight excluding hydrogens is 302 g/mol. The highest BCUT2D eigenvalue weighted by atomic mass is 32.2. The van der Waals surface area contributed by atoms with E-state index in [1.54, 1.807) is 22.9 Å². The van der Waals surface area contributed by atoms with Gasteiger partial charge in [-0.3, -0.25) is 0 Å². The zero-order valence-corrected chi connectivity index (χ0v) is 13.1. The van der Waals surface area contributed by atoms with E-state index in [0.717, 1.165) is 4.31 Å². The van der Waals surface area contributed by atoms with Crippen LogP contribution in [0, 0.1) is 11.3 Å². The maximum absolute atomic E-state index is 12.1. The molecule has 0 N–H and O–H groups in total. The van der Waals surface area contributed by atoms with Gasteiger partial charge in [0.25, 0.3) is 0 Å². The summed E-state index contributed by atoms with van der Waals surface area (Å²) in [7, 11) is -0.540. The highest BCUT2D eigenvalue weighted by Gasteiger charge is 2.19. The molecule has 1 heterocycles. The molecule has 0 saturated carbocycles. The third kappa shape index (κ3) is 2.77. The van der Waals surface area contributed by atoms with Crippen molar-refractivity contribution in [1.29, 1.82) is 5.26 Å². The lowest BCUT2D eigenvalue weighted by Gasteiger charge is -2.11. The fourth-order valence-corrected chi connectivity index (χ4v) is 2.82. The third-order valence-electron chi connectivity index (χ3n) is 3.05. The number of sulfonamides is 1. The highest BCUT2D eigenvalue weighted by molar-refractivity contribution is 7.89. The van der Waals surface area contributed by atoms with Crippen molar-refractivity contribution in [2.45, 2.75) is 11.4 Å². The molecule has 22 heavy (non-hydrogen) atoms. The van der Waals surface area contributed by atoms with Crippen molar-refractivity contribution in [3.63, 3.8) is 0 Å². The molecule has 0 radical (unpaired) electrons. The number of benzene rings is 1. The summed E-state index contributed by atoms with van der Waals surface area (Å²) in [4.78, 5) is 0.183. The van der Waals surface area contributed by atoms with Gasteiger partial charge in [-0.2, -0.15) is 5.26 Å². The Morgan fingerprint density at radius 1 is 1.36 bits per heavy atom. The molecular formula is C14H15N5O2S. The van der Waals surface area contributed by atoms with Gasteiger partial charge in [0, 0.05) is 19.7 Å². The number of hydrogen-bond acceptors (Lipinski definition) is 5. The van der Waals surface area contributed by atoms with E-state index in [2.05, 4.69) is 16.9 Å². The summed E-state index contributed by atoms with van der Waals surface area (Å²) in [5.74, 6) is 0. The molecule has 0 spiro atoms. The minimum Gasteiger partial charge on any atom is -0.239 e. The molecule has 8 heteroatoms. The average molecular weight is 317 g/mol. The fourth-order valence-electron chi connectivity index (χ4n) is 1.92. The lowest BCUT2D eigenvalue weighted by molar-refractivity contribution is 0.521. The molecule has 0 aliphatic rings. The molecule has 0 atom stereocenters. The first-order valence-electron chi connectivity index (χ1n) is 6.39. The number of nitrogens with zero attached hydrogens (tertiary/aromatic N) is 5. The van der Waals surface area contributed by atoms with Gasteiger partial charge in [0.1, 0.15) is 11.8 Å². The Balaban J connectivity index is 2.51. The van der Waals surface area contributed by atoms with Crippen LogP contribution in [0.15, 0.2) is 41.8 Å². The van der Waals surface area contributed by atoms with E-state index in [-0.39, 0.29) is 10.6 Å². The molecule has 0 saturated heterocycles. The normalized spacial score (nSPS) is 11.4. The van der Waals surface area contributed by atoms with Crippen LogP contribution in [0.1, 0.15) is 5.69 Å². The van der Waals surface area contributed by atoms with E-state index >= 15 is 0 Å². The fraction of sp³-hybridized carbons (Fsp3) is 0.214. The Labute approximate surface area is 129 Å². The van der Waals surface area contributed by atoms with Crippen molar-refractivity contribution in [2.24, 2.45) is 0 Å². The molecule has 0 aliphatic heterocycles. The van der Waals surface area contributed by atoms with Crippen molar-refractivity contribution < 1.29 is 8.42 Å². The molecule has 0 fully saturated rings. The molecule has 2 aromatic rings. The zero-order valence-electron chi connectivity index (χ0n) is 12.3. The van der Waals surface area contributed by atoms with E-state index in [4.69, 9.17) is 5.26 Å². The molecule has 2 rings (SSSR count). The monoisotopic (exact) mass is 317 g/mol. The van der Waals surface area contributed by atoms with Crippen molar-refractivity contribution >= 4 is 10.0 Å². The summed E-state index contributed by atoms with van der Waals surface area (Å²) in [6.45, 7) is 4.04. The molecule has 7 nitrogen and oxygen atoms in total. The van der Waals surface area contributed by atoms with Crippen molar-refractivity contribution in [2.75, 3.05) is 14.1 Å². The lowest BCUT2D eigenvalue weighted by Crippen LogP contribution is -2.22. The average Bonchev–Trinajstić information content (AvgIpc) is 2.90. The van der Waals surface area contributed by atoms with Gasteiger partial charge in [0.15, 0.2) is 5.69 Å². The third-order valence-corrected chi connectivity index (χ3v) is 4.88. The quantitative estimate of drug-likeness (QED) is 0.774. The van der Waals surface area contributed by atoms with E-state index in [9.17, 15) is 8.42 Å². The molecule has 0 bridgehead atoms. The number of nitriles is 1. The van der Waals surface area contributed by atoms with Gasteiger partial charge >= 0.3 is 0 Å². The van der Waals surface area contributed by atoms with Crippen LogP contribution < -0.4 is 0 Å². The van der Waals surface area contributed by atoms with Crippen molar-refractivity contribution in [3.05, 3.63) is 42.6 Å². The van der Waals surface area contributed by atoms with E-state index in [1.807, 2.05) is 6.07 Å². The maximum atomic E-state index is 12.1. The summed E-state index contributed by atoms with van der Waals surface area (Å²) in [6.07, 6.45) is 1.64. The van der Waals surface area contributed by atoms with Crippen molar-refractivity contribution in [1.82, 2.24) is 19.3 Å². The topological polar surface area (TPSA) is 91.9 Å². The molecule has 0 amide bonds. The summed E-state index contributed by atoms with van der Waals surface area (Å²) >= 11 is 0. The number of hydrogen-bond donors (Lipinski definition) is 0. The van der Waals surface area contributed by atoms with Gasteiger partial charge in [-0.15, -0.1) is 11.7 Å². The Bertz CT molecular complexity index is 829. The summed E-state index contributed by atoms with van der Waals surface area (Å²) < 4.78 is 26.8. The van der Waals surface area contributed by atoms with Gasteiger partial charge in [-0.25, -0.2) is 17.4 Å². The van der Waals surface area contributed by atoms with Crippen LogP contribution in [-0.4, -0.2) is 41.8 Å². The van der Waals surface area contributed by atoms with Crippen LogP contribution in [0.3, 0.4) is 0 Å². The number of aromatic nitrogens is 3. The molecule has 114 valence electrons. The lowest BCUT2D eigenvalue weighted by atomic mass is 10.1. The molecule has 0 aliphatic carbocycles. The second kappa shape index (κ2) is 6.09. The van der Waals surface area contributed by atoms with Gasteiger partial charge in [-0.1, -0.05) is 23.4 Å². The SMILES string of the molecule is C=CCn1nnc(C#N)c1-c1ccc(S(=O)(=O)N(C)C)cc1. The Hall–Kier alpha value is -2.50. The Kier molecular flexibility index (Phi) is 4.40. The standard InChI is InChI=1S/C14H15N5O2S/c1-4-9-19-14(13(10-15)16-17-19)11-5-7-12(8-6-11)22(20,21)18(2)3/h4-8H,1,9H2,2-3H3. The second-order valence-corrected chi connectivity index (χ2v) is 6.83. The predicted octanol–water partition coefficient (Wildman–Crippen LogP) is 1.25. The Morgan fingerprint density at radius 3 is 2.50 bits per heavy atom. The minimum absolute atomic E-state index is 0.183. The first kappa shape index (κ1) is 15.9. The number of allylic oxidation sites excluding steroid dienone is 1. The van der Waals surface area contributed by atoms with Gasteiger partial charge < -0.3 is 0 Å². The van der Waals surface area contributed by atoms with E-state index in [1.165, 1.54) is 26.2 Å². The van der Waals surface area contributed by atoms with Crippen LogP contribution in [0.25, 0.3) is 11.3 Å². The number of rotatable bonds is 5. The smallest absolute Gasteiger partial charge is 0.239 e. The summed E-state index contributed by atoms with van der Waals surface area (Å²) in [5, 5.41) is 16.8. The largest absolute Gasteiger partial charge is 0.242 e. The molecule has 0 unspecified atom stereocenters. The minimum atomic E-state index is -3.48. The first-order valence-corrected chi connectivity index (χ1v) is 7.83. The van der Waals surface area contributed by atoms with Crippen LogP contribution in [-0.2, 0) is 16.6 Å². The molecule has 1 aromatic carbocycles. The van der Waals surface area contributed by atoms with Crippen LogP contribution in [0.2, 0.25) is 0 Å². The summed E-state index contributed by atoms with van der Waals surface area (Å²) in [6, 6.07) is 8.24. The van der Waals surface area contributed by atoms with Crippen LogP contribution in [0.4, 0.5) is 0 Å². The van der Waals surface area contributed by atoms with Gasteiger partial charge in [0.2, 0.25) is 10.0 Å². The maximum Gasteiger partial charge on any atom is 0.242 e.